The fourth-order valence-electron chi connectivity index (χ4n) is 1.77. The van der Waals surface area contributed by atoms with Gasteiger partial charge in [0.25, 0.3) is 0 Å². The van der Waals surface area contributed by atoms with Gasteiger partial charge < -0.3 is 0 Å². The lowest BCUT2D eigenvalue weighted by molar-refractivity contribution is 0.527. The third-order valence-electron chi connectivity index (χ3n) is 2.96. The highest BCUT2D eigenvalue weighted by molar-refractivity contribution is 7.90. The number of hydrogen-bond donors (Lipinski definition) is 1. The number of rotatable bonds is 6. The van der Waals surface area contributed by atoms with Crippen molar-refractivity contribution in [2.24, 2.45) is 0 Å². The predicted octanol–water partition coefficient (Wildman–Crippen LogP) is 2.21. The summed E-state index contributed by atoms with van der Waals surface area (Å²) >= 11 is 0. The maximum absolute atomic E-state index is 12.3. The molecule has 22 heavy (non-hydrogen) atoms. The van der Waals surface area contributed by atoms with Crippen molar-refractivity contribution in [1.29, 1.82) is 0 Å². The highest BCUT2D eigenvalue weighted by Crippen LogP contribution is 2.17. The molecule has 0 saturated heterocycles. The summed E-state index contributed by atoms with van der Waals surface area (Å²) in [6.07, 6.45) is 0. The molecule has 0 aliphatic carbocycles. The Kier molecular flexibility index (Phi) is 5.33. The molecule has 0 spiro atoms. The molecule has 118 valence electrons. The third kappa shape index (κ3) is 4.40. The molecule has 0 amide bonds. The van der Waals surface area contributed by atoms with Crippen LogP contribution in [0, 0.1) is 0 Å². The van der Waals surface area contributed by atoms with Gasteiger partial charge in [-0.1, -0.05) is 30.3 Å². The first-order valence-corrected chi connectivity index (χ1v) is 9.37. The van der Waals surface area contributed by atoms with E-state index in [0.29, 0.717) is 11.4 Å². The minimum absolute atomic E-state index is 0.335. The van der Waals surface area contributed by atoms with Gasteiger partial charge in [-0.3, -0.25) is 8.93 Å². The molecule has 0 radical (unpaired) electrons. The summed E-state index contributed by atoms with van der Waals surface area (Å²) in [6, 6.07) is 16.1. The molecule has 0 saturated carbocycles. The molecule has 0 aromatic heterocycles. The third-order valence-corrected chi connectivity index (χ3v) is 5.81. The van der Waals surface area contributed by atoms with Crippen LogP contribution in [0.1, 0.15) is 5.56 Å². The van der Waals surface area contributed by atoms with Gasteiger partial charge >= 0.3 is 10.2 Å². The molecule has 1 N–H and O–H groups in total. The second kappa shape index (κ2) is 7.04. The maximum Gasteiger partial charge on any atom is 0.301 e. The molecule has 0 aliphatic rings. The Morgan fingerprint density at radius 3 is 2.36 bits per heavy atom. The van der Waals surface area contributed by atoms with Crippen LogP contribution >= 0.6 is 0 Å². The van der Waals surface area contributed by atoms with Crippen LogP contribution in [0.2, 0.25) is 0 Å². The molecule has 5 nitrogen and oxygen atoms in total. The highest BCUT2D eigenvalue weighted by Gasteiger charge is 2.13. The lowest BCUT2D eigenvalue weighted by Gasteiger charge is -2.14. The summed E-state index contributed by atoms with van der Waals surface area (Å²) in [6.45, 7) is 0. The van der Waals surface area contributed by atoms with E-state index in [1.807, 2.05) is 36.4 Å². The van der Waals surface area contributed by atoms with E-state index in [9.17, 15) is 12.6 Å². The molecule has 2 aromatic carbocycles. The summed E-state index contributed by atoms with van der Waals surface area (Å²) in [7, 11) is -1.79. The normalized spacial score (nSPS) is 13.0. The minimum Gasteiger partial charge on any atom is -0.271 e. The Hall–Kier alpha value is -1.70. The first kappa shape index (κ1) is 16.7. The van der Waals surface area contributed by atoms with Crippen molar-refractivity contribution < 1.29 is 12.6 Å². The molecule has 2 aromatic rings. The van der Waals surface area contributed by atoms with E-state index < -0.39 is 21.0 Å². The van der Waals surface area contributed by atoms with Gasteiger partial charge in [0.2, 0.25) is 0 Å². The van der Waals surface area contributed by atoms with Gasteiger partial charge in [-0.25, -0.2) is 0 Å². The topological polar surface area (TPSA) is 66.5 Å². The van der Waals surface area contributed by atoms with Crippen molar-refractivity contribution in [3.05, 3.63) is 60.2 Å². The Morgan fingerprint density at radius 1 is 1.05 bits per heavy atom. The molecule has 0 fully saturated rings. The minimum atomic E-state index is -3.54. The SMILES string of the molecule is CN(C)S(=O)(=O)Nc1cccc(C[S@@](=O)c2ccccc2)c1. The molecular formula is C15H18N2O3S2. The zero-order valence-corrected chi connectivity index (χ0v) is 14.0. The van der Waals surface area contributed by atoms with Gasteiger partial charge in [-0.15, -0.1) is 0 Å². The van der Waals surface area contributed by atoms with Crippen LogP contribution in [0.4, 0.5) is 5.69 Å². The summed E-state index contributed by atoms with van der Waals surface area (Å²) in [4.78, 5) is 0.752. The van der Waals surface area contributed by atoms with Crippen molar-refractivity contribution in [1.82, 2.24) is 4.31 Å². The van der Waals surface area contributed by atoms with Crippen LogP contribution in [-0.2, 0) is 26.8 Å². The first-order chi connectivity index (χ1) is 10.4. The molecule has 1 atom stereocenters. The van der Waals surface area contributed by atoms with Crippen LogP contribution in [-0.4, -0.2) is 31.0 Å². The summed E-state index contributed by atoms with van der Waals surface area (Å²) < 4.78 is 39.5. The monoisotopic (exact) mass is 338 g/mol. The number of hydrogen-bond acceptors (Lipinski definition) is 3. The van der Waals surface area contributed by atoms with E-state index in [2.05, 4.69) is 4.72 Å². The standard InChI is InChI=1S/C15H18N2O3S2/c1-17(2)22(19,20)16-14-8-6-7-13(11-14)12-21(18)15-9-4-3-5-10-15/h3-11,16H,12H2,1-2H3/t21-/m1/s1. The van der Waals surface area contributed by atoms with E-state index in [1.165, 1.54) is 14.1 Å². The molecule has 0 unspecified atom stereocenters. The fourth-order valence-corrected chi connectivity index (χ4v) is 3.49. The van der Waals surface area contributed by atoms with Crippen molar-refractivity contribution in [3.8, 4) is 0 Å². The van der Waals surface area contributed by atoms with Crippen LogP contribution in [0.3, 0.4) is 0 Å². The Labute approximate surface area is 133 Å². The molecule has 7 heteroatoms. The zero-order valence-electron chi connectivity index (χ0n) is 12.4. The highest BCUT2D eigenvalue weighted by atomic mass is 32.2. The smallest absolute Gasteiger partial charge is 0.271 e. The Morgan fingerprint density at radius 2 is 1.73 bits per heavy atom. The lowest BCUT2D eigenvalue weighted by Crippen LogP contribution is -2.28. The first-order valence-electron chi connectivity index (χ1n) is 6.61. The average molecular weight is 338 g/mol. The molecular weight excluding hydrogens is 320 g/mol. The van der Waals surface area contributed by atoms with Crippen LogP contribution in [0.15, 0.2) is 59.5 Å². The van der Waals surface area contributed by atoms with E-state index >= 15 is 0 Å². The molecule has 2 rings (SSSR count). The summed E-state index contributed by atoms with van der Waals surface area (Å²) in [5, 5.41) is 0. The predicted molar refractivity (Wildman–Crippen MR) is 89.2 cm³/mol. The van der Waals surface area contributed by atoms with E-state index in [0.717, 1.165) is 14.8 Å². The van der Waals surface area contributed by atoms with Crippen molar-refractivity contribution in [2.45, 2.75) is 10.6 Å². The van der Waals surface area contributed by atoms with Gasteiger partial charge in [-0.2, -0.15) is 12.7 Å². The number of nitrogens with zero attached hydrogens (tertiary/aromatic N) is 1. The van der Waals surface area contributed by atoms with Gasteiger partial charge in [-0.05, 0) is 29.8 Å². The molecule has 0 heterocycles. The van der Waals surface area contributed by atoms with Gasteiger partial charge in [0, 0.05) is 19.0 Å². The van der Waals surface area contributed by atoms with Gasteiger partial charge in [0.15, 0.2) is 0 Å². The summed E-state index contributed by atoms with van der Waals surface area (Å²) in [5.41, 5.74) is 1.26. The van der Waals surface area contributed by atoms with Crippen molar-refractivity contribution >= 4 is 26.7 Å². The molecule has 0 bridgehead atoms. The van der Waals surface area contributed by atoms with Crippen molar-refractivity contribution in [2.75, 3.05) is 18.8 Å². The second-order valence-corrected chi connectivity index (χ2v) is 8.23. The van der Waals surface area contributed by atoms with E-state index in [4.69, 9.17) is 0 Å². The summed E-state index contributed by atoms with van der Waals surface area (Å²) in [5.74, 6) is 0.335. The quantitative estimate of drug-likeness (QED) is 0.878. The van der Waals surface area contributed by atoms with Crippen LogP contribution in [0.5, 0.6) is 0 Å². The van der Waals surface area contributed by atoms with Gasteiger partial charge in [0.1, 0.15) is 0 Å². The second-order valence-electron chi connectivity index (χ2n) is 4.89. The van der Waals surface area contributed by atoms with Crippen LogP contribution in [0.25, 0.3) is 0 Å². The Bertz CT molecular complexity index is 759. The molecule has 0 aliphatic heterocycles. The average Bonchev–Trinajstić information content (AvgIpc) is 2.48. The van der Waals surface area contributed by atoms with E-state index in [1.54, 1.807) is 18.2 Å². The van der Waals surface area contributed by atoms with E-state index in [-0.39, 0.29) is 0 Å². The zero-order chi connectivity index (χ0) is 16.2. The van der Waals surface area contributed by atoms with Crippen LogP contribution < -0.4 is 4.72 Å². The number of anilines is 1. The number of benzene rings is 2. The Balaban J connectivity index is 2.14. The lowest BCUT2D eigenvalue weighted by atomic mass is 10.2. The van der Waals surface area contributed by atoms with Crippen molar-refractivity contribution in [3.63, 3.8) is 0 Å². The largest absolute Gasteiger partial charge is 0.301 e. The maximum atomic E-state index is 12.3. The number of nitrogens with one attached hydrogen (secondary N) is 1. The fraction of sp³-hybridized carbons (Fsp3) is 0.200. The van der Waals surface area contributed by atoms with Gasteiger partial charge in [0.05, 0.1) is 22.2 Å².